The summed E-state index contributed by atoms with van der Waals surface area (Å²) in [6.07, 6.45) is 2.56. The standard InChI is InChI=1S/C12H21N5O/c1-9(2)5-10(6-13)12(18)16-3-4-17-8-14-15-11(17)7-16/h8-10H,3-7,13H2,1-2H3. The third kappa shape index (κ3) is 2.69. The fourth-order valence-corrected chi connectivity index (χ4v) is 2.38. The van der Waals surface area contributed by atoms with Gasteiger partial charge < -0.3 is 15.2 Å². The number of nitrogens with two attached hydrogens (primary N) is 1. The topological polar surface area (TPSA) is 77.0 Å². The number of aromatic nitrogens is 3. The number of nitrogens with zero attached hydrogens (tertiary/aromatic N) is 4. The highest BCUT2D eigenvalue weighted by molar-refractivity contribution is 5.79. The van der Waals surface area contributed by atoms with Crippen LogP contribution in [0.1, 0.15) is 26.1 Å². The first-order chi connectivity index (χ1) is 8.61. The number of carbonyl (C=O) groups is 1. The average molecular weight is 251 g/mol. The quantitative estimate of drug-likeness (QED) is 0.831. The first kappa shape index (κ1) is 13.0. The van der Waals surface area contributed by atoms with E-state index in [0.29, 0.717) is 19.0 Å². The lowest BCUT2D eigenvalue weighted by molar-refractivity contribution is -0.137. The zero-order valence-corrected chi connectivity index (χ0v) is 11.0. The molecule has 0 aliphatic carbocycles. The first-order valence-corrected chi connectivity index (χ1v) is 6.47. The SMILES string of the molecule is CC(C)CC(CN)C(=O)N1CCn2cnnc2C1. The van der Waals surface area contributed by atoms with Gasteiger partial charge in [0.25, 0.3) is 0 Å². The van der Waals surface area contributed by atoms with Crippen LogP contribution in [0.4, 0.5) is 0 Å². The van der Waals surface area contributed by atoms with Crippen molar-refractivity contribution >= 4 is 5.91 Å². The summed E-state index contributed by atoms with van der Waals surface area (Å²) < 4.78 is 1.99. The molecule has 1 aromatic rings. The summed E-state index contributed by atoms with van der Waals surface area (Å²) in [5.74, 6) is 1.42. The van der Waals surface area contributed by atoms with Crippen LogP contribution in [0.5, 0.6) is 0 Å². The lowest BCUT2D eigenvalue weighted by Gasteiger charge is -2.30. The lowest BCUT2D eigenvalue weighted by Crippen LogP contribution is -2.43. The molecule has 6 heteroatoms. The van der Waals surface area contributed by atoms with Crippen molar-refractivity contribution in [2.24, 2.45) is 17.6 Å². The molecule has 1 atom stereocenters. The molecule has 18 heavy (non-hydrogen) atoms. The Labute approximate surface area is 107 Å². The summed E-state index contributed by atoms with van der Waals surface area (Å²) in [6, 6.07) is 0. The number of amides is 1. The zero-order valence-electron chi connectivity index (χ0n) is 11.0. The van der Waals surface area contributed by atoms with Crippen LogP contribution in [0.15, 0.2) is 6.33 Å². The van der Waals surface area contributed by atoms with Crippen LogP contribution in [-0.4, -0.2) is 38.7 Å². The minimum absolute atomic E-state index is 0.0699. The molecule has 0 fully saturated rings. The van der Waals surface area contributed by atoms with Crippen LogP contribution in [0, 0.1) is 11.8 Å². The summed E-state index contributed by atoms with van der Waals surface area (Å²) >= 11 is 0. The van der Waals surface area contributed by atoms with E-state index in [1.807, 2.05) is 9.47 Å². The largest absolute Gasteiger partial charge is 0.333 e. The second-order valence-corrected chi connectivity index (χ2v) is 5.26. The second kappa shape index (κ2) is 5.48. The van der Waals surface area contributed by atoms with Gasteiger partial charge in [0.05, 0.1) is 12.5 Å². The Hall–Kier alpha value is -1.43. The van der Waals surface area contributed by atoms with E-state index in [1.165, 1.54) is 0 Å². The number of hydrogen-bond donors (Lipinski definition) is 1. The normalized spacial score (nSPS) is 16.8. The van der Waals surface area contributed by atoms with Crippen molar-refractivity contribution in [1.29, 1.82) is 0 Å². The predicted molar refractivity (Wildman–Crippen MR) is 67.4 cm³/mol. The van der Waals surface area contributed by atoms with E-state index in [2.05, 4.69) is 24.0 Å². The molecule has 1 aliphatic heterocycles. The average Bonchev–Trinajstić information content (AvgIpc) is 2.81. The third-order valence-corrected chi connectivity index (χ3v) is 3.34. The molecule has 2 N–H and O–H groups in total. The van der Waals surface area contributed by atoms with Crippen molar-refractivity contribution < 1.29 is 4.79 Å². The fraction of sp³-hybridized carbons (Fsp3) is 0.750. The Balaban J connectivity index is 2.01. The Bertz CT molecular complexity index is 414. The van der Waals surface area contributed by atoms with Gasteiger partial charge in [0.1, 0.15) is 6.33 Å². The maximum atomic E-state index is 12.4. The minimum atomic E-state index is -0.0699. The van der Waals surface area contributed by atoms with Gasteiger partial charge in [-0.1, -0.05) is 13.8 Å². The van der Waals surface area contributed by atoms with E-state index < -0.39 is 0 Å². The molecular weight excluding hydrogens is 230 g/mol. The van der Waals surface area contributed by atoms with E-state index in [0.717, 1.165) is 25.3 Å². The Morgan fingerprint density at radius 2 is 2.28 bits per heavy atom. The smallest absolute Gasteiger partial charge is 0.227 e. The van der Waals surface area contributed by atoms with Gasteiger partial charge in [0.2, 0.25) is 5.91 Å². The second-order valence-electron chi connectivity index (χ2n) is 5.26. The van der Waals surface area contributed by atoms with Gasteiger partial charge in [0, 0.05) is 19.6 Å². The molecule has 0 saturated heterocycles. The number of fused-ring (bicyclic) bond motifs is 1. The maximum absolute atomic E-state index is 12.4. The van der Waals surface area contributed by atoms with E-state index >= 15 is 0 Å². The van der Waals surface area contributed by atoms with Crippen molar-refractivity contribution in [2.45, 2.75) is 33.4 Å². The van der Waals surface area contributed by atoms with E-state index in [9.17, 15) is 4.79 Å². The van der Waals surface area contributed by atoms with Gasteiger partial charge >= 0.3 is 0 Å². The zero-order chi connectivity index (χ0) is 13.1. The summed E-state index contributed by atoms with van der Waals surface area (Å²) in [6.45, 7) is 6.69. The van der Waals surface area contributed by atoms with Gasteiger partial charge in [-0.15, -0.1) is 10.2 Å². The van der Waals surface area contributed by atoms with Crippen molar-refractivity contribution in [3.63, 3.8) is 0 Å². The summed E-state index contributed by atoms with van der Waals surface area (Å²) in [5, 5.41) is 7.88. The first-order valence-electron chi connectivity index (χ1n) is 6.47. The fourth-order valence-electron chi connectivity index (χ4n) is 2.38. The van der Waals surface area contributed by atoms with Crippen LogP contribution < -0.4 is 5.73 Å². The maximum Gasteiger partial charge on any atom is 0.227 e. The van der Waals surface area contributed by atoms with Gasteiger partial charge in [-0.3, -0.25) is 4.79 Å². The third-order valence-electron chi connectivity index (χ3n) is 3.34. The highest BCUT2D eigenvalue weighted by Gasteiger charge is 2.27. The number of hydrogen-bond acceptors (Lipinski definition) is 4. The molecule has 2 heterocycles. The van der Waals surface area contributed by atoms with E-state index in [4.69, 9.17) is 5.73 Å². The van der Waals surface area contributed by atoms with Crippen LogP contribution in [0.25, 0.3) is 0 Å². The van der Waals surface area contributed by atoms with Crippen LogP contribution in [0.3, 0.4) is 0 Å². The molecule has 0 aromatic carbocycles. The van der Waals surface area contributed by atoms with Crippen LogP contribution >= 0.6 is 0 Å². The van der Waals surface area contributed by atoms with Gasteiger partial charge in [0.15, 0.2) is 5.82 Å². The summed E-state index contributed by atoms with van der Waals surface area (Å²) in [4.78, 5) is 14.2. The molecule has 1 amide bonds. The highest BCUT2D eigenvalue weighted by Crippen LogP contribution is 2.17. The van der Waals surface area contributed by atoms with E-state index in [1.54, 1.807) is 6.33 Å². The predicted octanol–water partition coefficient (Wildman–Crippen LogP) is 0.241. The monoisotopic (exact) mass is 251 g/mol. The Morgan fingerprint density at radius 1 is 1.50 bits per heavy atom. The molecule has 1 unspecified atom stereocenters. The molecule has 1 aromatic heterocycles. The molecule has 100 valence electrons. The minimum Gasteiger partial charge on any atom is -0.333 e. The molecule has 2 rings (SSSR count). The van der Waals surface area contributed by atoms with Crippen molar-refractivity contribution in [1.82, 2.24) is 19.7 Å². The van der Waals surface area contributed by atoms with Gasteiger partial charge in [-0.2, -0.15) is 0 Å². The Morgan fingerprint density at radius 3 is 2.94 bits per heavy atom. The summed E-state index contributed by atoms with van der Waals surface area (Å²) in [7, 11) is 0. The van der Waals surface area contributed by atoms with Crippen molar-refractivity contribution in [3.05, 3.63) is 12.2 Å². The molecule has 0 radical (unpaired) electrons. The molecule has 0 spiro atoms. The molecule has 0 bridgehead atoms. The highest BCUT2D eigenvalue weighted by atomic mass is 16.2. The van der Waals surface area contributed by atoms with Crippen LogP contribution in [-0.2, 0) is 17.9 Å². The van der Waals surface area contributed by atoms with Crippen LogP contribution in [0.2, 0.25) is 0 Å². The molecule has 1 aliphatic rings. The molecule has 6 nitrogen and oxygen atoms in total. The van der Waals surface area contributed by atoms with Gasteiger partial charge in [-0.05, 0) is 12.3 Å². The number of carbonyl (C=O) groups excluding carboxylic acids is 1. The molecule has 0 saturated carbocycles. The van der Waals surface area contributed by atoms with Crippen molar-refractivity contribution in [2.75, 3.05) is 13.1 Å². The molecular formula is C12H21N5O. The number of rotatable bonds is 4. The van der Waals surface area contributed by atoms with Crippen molar-refractivity contribution in [3.8, 4) is 0 Å². The Kier molecular flexibility index (Phi) is 3.96. The van der Waals surface area contributed by atoms with Gasteiger partial charge in [-0.25, -0.2) is 0 Å². The lowest BCUT2D eigenvalue weighted by atomic mass is 9.95. The summed E-state index contributed by atoms with van der Waals surface area (Å²) in [5.41, 5.74) is 5.72. The van der Waals surface area contributed by atoms with E-state index in [-0.39, 0.29) is 11.8 Å².